The van der Waals surface area contributed by atoms with Gasteiger partial charge in [0, 0.05) is 0 Å². The SMILES string of the molecule is CCCCCCC[CH]=[Ti+2].O=C([O-])CO.O=C([O-])CO. The van der Waals surface area contributed by atoms with Crippen molar-refractivity contribution < 1.29 is 50.0 Å². The summed E-state index contributed by atoms with van der Waals surface area (Å²) in [6.45, 7) is 0.478. The molecule has 0 rings (SSSR count). The van der Waals surface area contributed by atoms with Crippen LogP contribution in [0.4, 0.5) is 0 Å². The predicted molar refractivity (Wildman–Crippen MR) is 63.6 cm³/mol. The van der Waals surface area contributed by atoms with Gasteiger partial charge in [0.05, 0.1) is 25.2 Å². The monoisotopic (exact) mass is 310 g/mol. The van der Waals surface area contributed by atoms with E-state index in [9.17, 15) is 0 Å². The Labute approximate surface area is 125 Å². The molecule has 0 aromatic heterocycles. The molecule has 0 aliphatic heterocycles. The zero-order valence-corrected chi connectivity index (χ0v) is 12.8. The molecule has 7 heteroatoms. The molecule has 0 aliphatic rings. The van der Waals surface area contributed by atoms with Gasteiger partial charge in [0.2, 0.25) is 0 Å². The van der Waals surface area contributed by atoms with Gasteiger partial charge in [-0.3, -0.25) is 0 Å². The molecule has 0 aromatic rings. The third-order valence-electron chi connectivity index (χ3n) is 1.71. The molecule has 0 unspecified atom stereocenters. The number of rotatable bonds is 8. The quantitative estimate of drug-likeness (QED) is 0.401. The van der Waals surface area contributed by atoms with Crippen molar-refractivity contribution in [2.45, 2.75) is 45.4 Å². The first-order valence-corrected chi connectivity index (χ1v) is 6.96. The van der Waals surface area contributed by atoms with Crippen LogP contribution in [-0.4, -0.2) is 39.7 Å². The Hall–Kier alpha value is -0.556. The summed E-state index contributed by atoms with van der Waals surface area (Å²) in [6.07, 6.45) is 8.35. The first-order chi connectivity index (χ1) is 8.95. The van der Waals surface area contributed by atoms with Crippen molar-refractivity contribution in [3.05, 3.63) is 0 Å². The summed E-state index contributed by atoms with van der Waals surface area (Å²) in [4.78, 5) is 18.0. The van der Waals surface area contributed by atoms with Gasteiger partial charge in [-0.1, -0.05) is 0 Å². The molecule has 0 bridgehead atoms. The van der Waals surface area contributed by atoms with Gasteiger partial charge in [0.15, 0.2) is 0 Å². The van der Waals surface area contributed by atoms with Gasteiger partial charge in [0.25, 0.3) is 0 Å². The van der Waals surface area contributed by atoms with Crippen LogP contribution in [0, 0.1) is 0 Å². The summed E-state index contributed by atoms with van der Waals surface area (Å²) in [5, 5.41) is 33.0. The number of hydrogen-bond donors (Lipinski definition) is 2. The van der Waals surface area contributed by atoms with E-state index in [4.69, 9.17) is 30.0 Å². The fraction of sp³-hybridized carbons (Fsp3) is 0.750. The maximum absolute atomic E-state index is 9.01. The Kier molecular flexibility index (Phi) is 28.0. The van der Waals surface area contributed by atoms with Crippen LogP contribution in [0.3, 0.4) is 0 Å². The normalized spacial score (nSPS) is 8.47. The third kappa shape index (κ3) is 46.6. The Morgan fingerprint density at radius 3 is 1.63 bits per heavy atom. The van der Waals surface area contributed by atoms with E-state index in [0.29, 0.717) is 0 Å². The van der Waals surface area contributed by atoms with E-state index in [0.717, 1.165) is 0 Å². The van der Waals surface area contributed by atoms with Crippen LogP contribution in [0.25, 0.3) is 0 Å². The van der Waals surface area contributed by atoms with Crippen LogP contribution < -0.4 is 10.2 Å². The van der Waals surface area contributed by atoms with Gasteiger partial charge in [0.1, 0.15) is 0 Å². The van der Waals surface area contributed by atoms with Crippen molar-refractivity contribution in [2.75, 3.05) is 13.2 Å². The number of carbonyl (C=O) groups is 2. The van der Waals surface area contributed by atoms with E-state index >= 15 is 0 Å². The maximum atomic E-state index is 9.01. The largest absolute Gasteiger partial charge is 0.548 e. The van der Waals surface area contributed by atoms with Crippen molar-refractivity contribution in [2.24, 2.45) is 0 Å². The fourth-order valence-corrected chi connectivity index (χ4v) is 1.17. The molecule has 0 amide bonds. The Morgan fingerprint density at radius 1 is 1.00 bits per heavy atom. The number of carboxylic acids is 2. The molecule has 0 heterocycles. The molecular weight excluding hydrogens is 288 g/mol. The van der Waals surface area contributed by atoms with Gasteiger partial charge >= 0.3 is 69.7 Å². The maximum Gasteiger partial charge on any atom is 0.0826 e. The summed E-state index contributed by atoms with van der Waals surface area (Å²) in [5.74, 6) is -2.88. The van der Waals surface area contributed by atoms with Crippen molar-refractivity contribution in [3.63, 3.8) is 0 Å². The van der Waals surface area contributed by atoms with Crippen LogP contribution in [0.5, 0.6) is 0 Å². The summed E-state index contributed by atoms with van der Waals surface area (Å²) >= 11 is 2.14. The molecular formula is C12H22O6Ti. The summed E-state index contributed by atoms with van der Waals surface area (Å²) in [6, 6.07) is 0. The second-order valence-electron chi connectivity index (χ2n) is 3.47. The molecule has 19 heavy (non-hydrogen) atoms. The Bertz CT molecular complexity index is 206. The van der Waals surface area contributed by atoms with Gasteiger partial charge in [-0.15, -0.1) is 0 Å². The summed E-state index contributed by atoms with van der Waals surface area (Å²) < 4.78 is 2.26. The minimum atomic E-state index is -1.44. The molecule has 0 saturated heterocycles. The number of unbranched alkanes of at least 4 members (excludes halogenated alkanes) is 5. The average molecular weight is 310 g/mol. The van der Waals surface area contributed by atoms with Gasteiger partial charge in [-0.05, 0) is 0 Å². The van der Waals surface area contributed by atoms with Crippen LogP contribution in [0.1, 0.15) is 45.4 Å². The van der Waals surface area contributed by atoms with E-state index in [2.05, 4.69) is 31.2 Å². The average Bonchev–Trinajstić information content (AvgIpc) is 2.40. The molecule has 0 aromatic carbocycles. The molecule has 0 saturated carbocycles. The van der Waals surface area contributed by atoms with E-state index in [1.165, 1.54) is 38.5 Å². The predicted octanol–water partition coefficient (Wildman–Crippen LogP) is -1.85. The van der Waals surface area contributed by atoms with Gasteiger partial charge < -0.3 is 30.0 Å². The third-order valence-corrected chi connectivity index (χ3v) is 2.16. The molecule has 0 spiro atoms. The number of aliphatic hydroxyl groups excluding tert-OH is 2. The van der Waals surface area contributed by atoms with Crippen molar-refractivity contribution in [3.8, 4) is 0 Å². The van der Waals surface area contributed by atoms with Crippen LogP contribution in [-0.2, 0) is 29.6 Å². The minimum absolute atomic E-state index is 0.889. The second kappa shape index (κ2) is 22.6. The number of aliphatic hydroxyl groups is 2. The molecule has 6 nitrogen and oxygen atoms in total. The van der Waals surface area contributed by atoms with Crippen molar-refractivity contribution >= 4 is 16.3 Å². The summed E-state index contributed by atoms with van der Waals surface area (Å²) in [5.41, 5.74) is 0. The Morgan fingerprint density at radius 2 is 1.37 bits per heavy atom. The topological polar surface area (TPSA) is 121 Å². The molecule has 110 valence electrons. The number of hydrogen-bond acceptors (Lipinski definition) is 6. The van der Waals surface area contributed by atoms with E-state index in [1.807, 2.05) is 0 Å². The first-order valence-electron chi connectivity index (χ1n) is 6.06. The minimum Gasteiger partial charge on any atom is -0.548 e. The zero-order valence-electron chi connectivity index (χ0n) is 11.3. The fourth-order valence-electron chi connectivity index (χ4n) is 0.850. The molecule has 0 aliphatic carbocycles. The van der Waals surface area contributed by atoms with Crippen LogP contribution in [0.15, 0.2) is 0 Å². The summed E-state index contributed by atoms with van der Waals surface area (Å²) in [7, 11) is 0. The van der Waals surface area contributed by atoms with Crippen LogP contribution in [0.2, 0.25) is 0 Å². The smallest absolute Gasteiger partial charge is 0.0826 e. The van der Waals surface area contributed by atoms with Crippen molar-refractivity contribution in [1.29, 1.82) is 0 Å². The standard InChI is InChI=1S/C8H16.2C2H4O3.Ti/c1-3-5-7-8-6-4-2;2*3-1-2(4)5;/h1H,3-8H2,2H3;2*3H,1H2,(H,4,5);/q;;;+2/p-2. The number of aliphatic carboxylic acids is 2. The Balaban J connectivity index is -0.000000219. The van der Waals surface area contributed by atoms with Crippen molar-refractivity contribution in [1.82, 2.24) is 0 Å². The van der Waals surface area contributed by atoms with Gasteiger partial charge in [-0.25, -0.2) is 0 Å². The molecule has 0 fully saturated rings. The number of carbonyl (C=O) groups excluding carboxylic acids is 2. The molecule has 2 N–H and O–H groups in total. The zero-order chi connectivity index (χ0) is 15.5. The molecule has 0 radical (unpaired) electrons. The van der Waals surface area contributed by atoms with E-state index in [1.54, 1.807) is 0 Å². The first kappa shape index (κ1) is 23.5. The molecule has 0 atom stereocenters. The van der Waals surface area contributed by atoms with Gasteiger partial charge in [-0.2, -0.15) is 0 Å². The number of carboxylic acid groups (broad SMARTS) is 2. The van der Waals surface area contributed by atoms with E-state index in [-0.39, 0.29) is 0 Å². The van der Waals surface area contributed by atoms with E-state index < -0.39 is 25.2 Å². The second-order valence-corrected chi connectivity index (χ2v) is 4.10. The van der Waals surface area contributed by atoms with Crippen LogP contribution >= 0.6 is 0 Å².